The molecule has 0 aromatic heterocycles. The average molecular weight is 394 g/mol. The Morgan fingerprint density at radius 2 is 2.18 bits per heavy atom. The first-order chi connectivity index (χ1) is 13.2. The van der Waals surface area contributed by atoms with Crippen LogP contribution in [0.5, 0.6) is 0 Å². The van der Waals surface area contributed by atoms with Gasteiger partial charge in [0.05, 0.1) is 31.3 Å². The predicted molar refractivity (Wildman–Crippen MR) is 112 cm³/mol. The van der Waals surface area contributed by atoms with E-state index in [2.05, 4.69) is 25.2 Å². The van der Waals surface area contributed by atoms with Gasteiger partial charge in [0.15, 0.2) is 0 Å². The van der Waals surface area contributed by atoms with Gasteiger partial charge in [-0.1, -0.05) is 38.0 Å². The number of ether oxygens (including phenoxy) is 1. The van der Waals surface area contributed by atoms with Crippen molar-refractivity contribution in [2.24, 2.45) is 17.8 Å². The number of rotatable bonds is 11. The van der Waals surface area contributed by atoms with Crippen LogP contribution in [-0.4, -0.2) is 60.0 Å². The van der Waals surface area contributed by atoms with Gasteiger partial charge in [0.25, 0.3) is 0 Å². The molecule has 5 atom stereocenters. The van der Waals surface area contributed by atoms with Crippen LogP contribution in [0, 0.1) is 17.8 Å². The minimum Gasteiger partial charge on any atom is -0.392 e. The second-order valence-electron chi connectivity index (χ2n) is 9.06. The third-order valence-electron chi connectivity index (χ3n) is 6.18. The Balaban J connectivity index is 1.78. The molecule has 0 spiro atoms. The smallest absolute Gasteiger partial charge is 0.224 e. The molecule has 1 fully saturated rings. The number of unbranched alkanes of at least 4 members (excludes halogenated alkanes) is 1. The van der Waals surface area contributed by atoms with E-state index in [0.29, 0.717) is 37.9 Å². The second-order valence-corrected chi connectivity index (χ2v) is 9.06. The Morgan fingerprint density at radius 1 is 1.43 bits per heavy atom. The molecule has 5 heteroatoms. The molecular weight excluding hydrogens is 354 g/mol. The van der Waals surface area contributed by atoms with Crippen molar-refractivity contribution >= 4 is 5.91 Å². The molecule has 0 bridgehead atoms. The highest BCUT2D eigenvalue weighted by Crippen LogP contribution is 2.47. The first-order valence-electron chi connectivity index (χ1n) is 10.8. The Bertz CT molecular complexity index is 567. The molecule has 0 aliphatic heterocycles. The number of hydrogen-bond acceptors (Lipinski definition) is 4. The standard InChI is InChI=1S/C23H39NO4/c1-5-6-10-23(2,27)11-7-8-19-20-14-17(13-18(20)15-21(19)25)16-28-12-9-22(26)24(3)4/h7-8,13,18-21,25,27H,5-6,9-12,14-16H2,1-4H3/t18-,19+,20-,21+,23-/m0/s1. The summed E-state index contributed by atoms with van der Waals surface area (Å²) in [5, 5.41) is 20.9. The Labute approximate surface area is 170 Å². The van der Waals surface area contributed by atoms with Crippen LogP contribution in [0.1, 0.15) is 58.8 Å². The molecule has 0 heterocycles. The maximum absolute atomic E-state index is 11.6. The van der Waals surface area contributed by atoms with Gasteiger partial charge < -0.3 is 19.8 Å². The topological polar surface area (TPSA) is 70.0 Å². The minimum absolute atomic E-state index is 0.0837. The summed E-state index contributed by atoms with van der Waals surface area (Å²) in [6, 6.07) is 0. The number of nitrogens with zero attached hydrogens (tertiary/aromatic N) is 1. The first-order valence-corrected chi connectivity index (χ1v) is 10.8. The van der Waals surface area contributed by atoms with E-state index < -0.39 is 5.60 Å². The SMILES string of the molecule is CCCC[C@](C)(O)CC=C[C@@H]1[C@H]2CC(COCCC(=O)N(C)C)=C[C@H]2C[C@H]1O. The number of hydrogen-bond donors (Lipinski definition) is 2. The monoisotopic (exact) mass is 393 g/mol. The average Bonchev–Trinajstić information content (AvgIpc) is 3.14. The van der Waals surface area contributed by atoms with Gasteiger partial charge in [-0.3, -0.25) is 4.79 Å². The molecule has 2 N–H and O–H groups in total. The van der Waals surface area contributed by atoms with Crippen LogP contribution in [0.3, 0.4) is 0 Å². The molecule has 2 rings (SSSR count). The van der Waals surface area contributed by atoms with Crippen molar-refractivity contribution in [2.75, 3.05) is 27.3 Å². The molecule has 0 aromatic rings. The molecule has 28 heavy (non-hydrogen) atoms. The first kappa shape index (κ1) is 23.1. The molecule has 1 saturated carbocycles. The van der Waals surface area contributed by atoms with E-state index in [1.54, 1.807) is 19.0 Å². The van der Waals surface area contributed by atoms with Crippen molar-refractivity contribution in [1.29, 1.82) is 0 Å². The number of fused-ring (bicyclic) bond motifs is 1. The Morgan fingerprint density at radius 3 is 2.86 bits per heavy atom. The largest absolute Gasteiger partial charge is 0.392 e. The zero-order valence-electron chi connectivity index (χ0n) is 18.1. The van der Waals surface area contributed by atoms with Crippen LogP contribution in [-0.2, 0) is 9.53 Å². The zero-order chi connectivity index (χ0) is 20.7. The normalized spacial score (nSPS) is 29.0. The molecule has 1 amide bonds. The summed E-state index contributed by atoms with van der Waals surface area (Å²) in [5.41, 5.74) is 0.624. The summed E-state index contributed by atoms with van der Waals surface area (Å²) in [6.45, 7) is 5.05. The lowest BCUT2D eigenvalue weighted by molar-refractivity contribution is -0.129. The highest BCUT2D eigenvalue weighted by molar-refractivity contribution is 5.75. The van der Waals surface area contributed by atoms with Gasteiger partial charge >= 0.3 is 0 Å². The molecule has 160 valence electrons. The van der Waals surface area contributed by atoms with E-state index in [1.165, 1.54) is 5.57 Å². The molecule has 0 saturated heterocycles. The fourth-order valence-corrected chi connectivity index (χ4v) is 4.44. The summed E-state index contributed by atoms with van der Waals surface area (Å²) in [4.78, 5) is 13.2. The van der Waals surface area contributed by atoms with Gasteiger partial charge in [-0.2, -0.15) is 0 Å². The summed E-state index contributed by atoms with van der Waals surface area (Å²) in [5.74, 6) is 1.07. The number of allylic oxidation sites excluding steroid dienone is 1. The molecule has 0 unspecified atom stereocenters. The number of amides is 1. The lowest BCUT2D eigenvalue weighted by atomic mass is 9.88. The van der Waals surface area contributed by atoms with E-state index in [1.807, 2.05) is 6.92 Å². The minimum atomic E-state index is -0.660. The van der Waals surface area contributed by atoms with E-state index in [9.17, 15) is 15.0 Å². The number of carbonyl (C=O) groups excluding carboxylic acids is 1. The Hall–Kier alpha value is -1.17. The van der Waals surface area contributed by atoms with Gasteiger partial charge in [0.1, 0.15) is 0 Å². The van der Waals surface area contributed by atoms with Gasteiger partial charge in [0.2, 0.25) is 5.91 Å². The van der Waals surface area contributed by atoms with Crippen LogP contribution in [0.15, 0.2) is 23.8 Å². The van der Waals surface area contributed by atoms with Gasteiger partial charge in [-0.05, 0) is 50.0 Å². The molecule has 0 radical (unpaired) electrons. The van der Waals surface area contributed by atoms with E-state index in [0.717, 1.165) is 32.1 Å². The van der Waals surface area contributed by atoms with Crippen LogP contribution in [0.4, 0.5) is 0 Å². The zero-order valence-corrected chi connectivity index (χ0v) is 18.1. The summed E-state index contributed by atoms with van der Waals surface area (Å²) in [7, 11) is 3.51. The third kappa shape index (κ3) is 6.71. The van der Waals surface area contributed by atoms with E-state index in [-0.39, 0.29) is 17.9 Å². The van der Waals surface area contributed by atoms with E-state index in [4.69, 9.17) is 4.74 Å². The summed E-state index contributed by atoms with van der Waals surface area (Å²) in [6.07, 6.45) is 11.9. The summed E-state index contributed by atoms with van der Waals surface area (Å²) < 4.78 is 5.70. The summed E-state index contributed by atoms with van der Waals surface area (Å²) >= 11 is 0. The molecule has 2 aliphatic rings. The quantitative estimate of drug-likeness (QED) is 0.417. The van der Waals surface area contributed by atoms with Crippen molar-refractivity contribution in [3.05, 3.63) is 23.8 Å². The van der Waals surface area contributed by atoms with Crippen molar-refractivity contribution < 1.29 is 19.7 Å². The third-order valence-corrected chi connectivity index (χ3v) is 6.18. The highest BCUT2D eigenvalue weighted by Gasteiger charge is 2.43. The molecule has 0 aromatic carbocycles. The Kier molecular flexibility index (Phi) is 8.72. The lowest BCUT2D eigenvalue weighted by Gasteiger charge is -2.22. The fraction of sp³-hybridized carbons (Fsp3) is 0.783. The van der Waals surface area contributed by atoms with E-state index >= 15 is 0 Å². The van der Waals surface area contributed by atoms with Crippen molar-refractivity contribution in [3.8, 4) is 0 Å². The van der Waals surface area contributed by atoms with Crippen molar-refractivity contribution in [2.45, 2.75) is 70.5 Å². The van der Waals surface area contributed by atoms with Crippen LogP contribution >= 0.6 is 0 Å². The molecule has 5 nitrogen and oxygen atoms in total. The lowest BCUT2D eigenvalue weighted by Crippen LogP contribution is -2.23. The van der Waals surface area contributed by atoms with Crippen molar-refractivity contribution in [1.82, 2.24) is 4.90 Å². The van der Waals surface area contributed by atoms with Crippen LogP contribution in [0.2, 0.25) is 0 Å². The second kappa shape index (κ2) is 10.6. The van der Waals surface area contributed by atoms with Crippen molar-refractivity contribution in [3.63, 3.8) is 0 Å². The fourth-order valence-electron chi connectivity index (χ4n) is 4.44. The predicted octanol–water partition coefficient (Wildman–Crippen LogP) is 3.31. The van der Waals surface area contributed by atoms with Gasteiger partial charge in [0, 0.05) is 20.0 Å². The number of carbonyl (C=O) groups is 1. The highest BCUT2D eigenvalue weighted by atomic mass is 16.5. The maximum Gasteiger partial charge on any atom is 0.224 e. The van der Waals surface area contributed by atoms with Gasteiger partial charge in [-0.25, -0.2) is 0 Å². The van der Waals surface area contributed by atoms with Crippen LogP contribution < -0.4 is 0 Å². The maximum atomic E-state index is 11.6. The van der Waals surface area contributed by atoms with Gasteiger partial charge in [-0.15, -0.1) is 0 Å². The molecule has 2 aliphatic carbocycles. The number of aliphatic hydroxyl groups excluding tert-OH is 1. The molecular formula is C23H39NO4. The number of aliphatic hydroxyl groups is 2. The van der Waals surface area contributed by atoms with Crippen LogP contribution in [0.25, 0.3) is 0 Å².